The van der Waals surface area contributed by atoms with Crippen molar-refractivity contribution < 1.29 is 8.42 Å². The first-order valence-corrected chi connectivity index (χ1v) is 8.10. The topological polar surface area (TPSA) is 46.2 Å². The summed E-state index contributed by atoms with van der Waals surface area (Å²) in [4.78, 5) is 1.02. The van der Waals surface area contributed by atoms with Crippen LogP contribution in [-0.2, 0) is 10.0 Å². The molecular weight excluding hydrogens is 266 g/mol. The van der Waals surface area contributed by atoms with Crippen molar-refractivity contribution in [1.82, 2.24) is 4.72 Å². The molecule has 0 fully saturated rings. The molecule has 1 aromatic heterocycles. The minimum absolute atomic E-state index is 0.0327. The van der Waals surface area contributed by atoms with Gasteiger partial charge in [-0.05, 0) is 24.3 Å². The number of sulfonamides is 1. The lowest BCUT2D eigenvalue weighted by Crippen LogP contribution is -2.31. The van der Waals surface area contributed by atoms with E-state index in [1.54, 1.807) is 11.3 Å². The van der Waals surface area contributed by atoms with Crippen LogP contribution in [0.3, 0.4) is 0 Å². The zero-order valence-corrected chi connectivity index (χ0v) is 11.7. The fourth-order valence-corrected chi connectivity index (χ4v) is 4.01. The normalized spacial score (nSPS) is 15.9. The minimum Gasteiger partial charge on any atom is -0.212 e. The van der Waals surface area contributed by atoms with E-state index < -0.39 is 10.0 Å². The summed E-state index contributed by atoms with van der Waals surface area (Å²) in [5.41, 5.74) is 0. The van der Waals surface area contributed by atoms with E-state index >= 15 is 0 Å². The molecule has 0 bridgehead atoms. The Bertz CT molecular complexity index is 402. The summed E-state index contributed by atoms with van der Waals surface area (Å²) in [7, 11) is -3.25. The Balaban J connectivity index is 2.59. The van der Waals surface area contributed by atoms with E-state index in [2.05, 4.69) is 4.72 Å². The average molecular weight is 282 g/mol. The number of alkyl halides is 1. The summed E-state index contributed by atoms with van der Waals surface area (Å²) in [6.07, 6.45) is 0. The molecule has 3 nitrogen and oxygen atoms in total. The van der Waals surface area contributed by atoms with E-state index in [4.69, 9.17) is 11.6 Å². The van der Waals surface area contributed by atoms with Gasteiger partial charge in [-0.1, -0.05) is 13.0 Å². The number of thiophene rings is 1. The Hall–Kier alpha value is -0.100. The van der Waals surface area contributed by atoms with Crippen molar-refractivity contribution in [2.45, 2.75) is 19.9 Å². The molecule has 92 valence electrons. The molecule has 0 aliphatic rings. The van der Waals surface area contributed by atoms with Gasteiger partial charge in [-0.25, -0.2) is 13.1 Å². The first-order chi connectivity index (χ1) is 7.44. The molecule has 6 heteroatoms. The van der Waals surface area contributed by atoms with Crippen LogP contribution in [0, 0.1) is 5.92 Å². The predicted octanol–water partition coefficient (Wildman–Crippen LogP) is 2.60. The van der Waals surface area contributed by atoms with Crippen LogP contribution < -0.4 is 4.72 Å². The second-order valence-electron chi connectivity index (χ2n) is 3.90. The number of halogens is 1. The third-order valence-electron chi connectivity index (χ3n) is 2.09. The number of rotatable bonds is 6. The first-order valence-electron chi connectivity index (χ1n) is 5.04. The largest absolute Gasteiger partial charge is 0.212 e. The van der Waals surface area contributed by atoms with Crippen LogP contribution >= 0.6 is 22.9 Å². The molecule has 1 rings (SSSR count). The maximum atomic E-state index is 11.7. The molecule has 0 spiro atoms. The first kappa shape index (κ1) is 14.0. The molecule has 0 aliphatic heterocycles. The Kier molecular flexibility index (Phi) is 5.24. The second-order valence-corrected chi connectivity index (χ2v) is 6.98. The molecule has 0 aromatic carbocycles. The second kappa shape index (κ2) is 6.00. The van der Waals surface area contributed by atoms with Gasteiger partial charge in [0.1, 0.15) is 0 Å². The van der Waals surface area contributed by atoms with Crippen LogP contribution in [0.5, 0.6) is 0 Å². The van der Waals surface area contributed by atoms with Crippen molar-refractivity contribution in [2.24, 2.45) is 5.92 Å². The summed E-state index contributed by atoms with van der Waals surface area (Å²) >= 11 is 7.15. The van der Waals surface area contributed by atoms with Gasteiger partial charge in [0.2, 0.25) is 10.0 Å². The van der Waals surface area contributed by atoms with E-state index in [1.807, 2.05) is 31.4 Å². The van der Waals surface area contributed by atoms with Crippen molar-refractivity contribution in [3.8, 4) is 0 Å². The van der Waals surface area contributed by atoms with Crippen molar-refractivity contribution in [3.05, 3.63) is 22.4 Å². The number of nitrogens with one attached hydrogen (secondary N) is 1. The molecule has 2 atom stereocenters. The smallest absolute Gasteiger partial charge is 0.212 e. The van der Waals surface area contributed by atoms with Gasteiger partial charge in [0.25, 0.3) is 0 Å². The molecule has 1 heterocycles. The van der Waals surface area contributed by atoms with Gasteiger partial charge in [0.15, 0.2) is 0 Å². The molecule has 0 saturated carbocycles. The van der Waals surface area contributed by atoms with Gasteiger partial charge in [0.05, 0.1) is 11.8 Å². The Morgan fingerprint density at radius 1 is 1.50 bits per heavy atom. The van der Waals surface area contributed by atoms with Gasteiger partial charge in [-0.2, -0.15) is 0 Å². The fourth-order valence-electron chi connectivity index (χ4n) is 1.33. The van der Waals surface area contributed by atoms with Gasteiger partial charge in [0, 0.05) is 10.8 Å². The van der Waals surface area contributed by atoms with E-state index in [1.165, 1.54) is 0 Å². The highest BCUT2D eigenvalue weighted by Gasteiger charge is 2.18. The quantitative estimate of drug-likeness (QED) is 0.815. The zero-order chi connectivity index (χ0) is 12.2. The summed E-state index contributed by atoms with van der Waals surface area (Å²) in [5, 5.41) is 1.93. The highest BCUT2D eigenvalue weighted by Crippen LogP contribution is 2.19. The van der Waals surface area contributed by atoms with Crippen molar-refractivity contribution in [3.63, 3.8) is 0 Å². The summed E-state index contributed by atoms with van der Waals surface area (Å²) in [6, 6.07) is 3.65. The Labute approximate surface area is 106 Å². The molecule has 1 N–H and O–H groups in total. The van der Waals surface area contributed by atoms with E-state index in [0.717, 1.165) is 4.88 Å². The van der Waals surface area contributed by atoms with Crippen molar-refractivity contribution in [2.75, 3.05) is 11.6 Å². The van der Waals surface area contributed by atoms with Gasteiger partial charge in [-0.3, -0.25) is 0 Å². The van der Waals surface area contributed by atoms with Gasteiger partial charge >= 0.3 is 0 Å². The van der Waals surface area contributed by atoms with Crippen LogP contribution in [-0.4, -0.2) is 20.1 Å². The summed E-state index contributed by atoms with van der Waals surface area (Å²) in [6.45, 7) is 3.66. The lowest BCUT2D eigenvalue weighted by atomic mass is 10.3. The zero-order valence-electron chi connectivity index (χ0n) is 9.31. The minimum atomic E-state index is -3.25. The predicted molar refractivity (Wildman–Crippen MR) is 69.5 cm³/mol. The number of hydrogen-bond donors (Lipinski definition) is 1. The van der Waals surface area contributed by atoms with Crippen LogP contribution in [0.25, 0.3) is 0 Å². The molecule has 0 amide bonds. The number of hydrogen-bond acceptors (Lipinski definition) is 3. The van der Waals surface area contributed by atoms with Gasteiger partial charge in [-0.15, -0.1) is 22.9 Å². The SMILES string of the molecule is CC(CCl)CS(=O)(=O)NC(C)c1cccs1. The molecular formula is C10H16ClNO2S2. The van der Waals surface area contributed by atoms with E-state index in [0.29, 0.717) is 5.88 Å². The standard InChI is InChI=1S/C10H16ClNO2S2/c1-8(6-11)7-16(13,14)12-9(2)10-4-3-5-15-10/h3-5,8-9,12H,6-7H2,1-2H3. The van der Waals surface area contributed by atoms with E-state index in [9.17, 15) is 8.42 Å². The van der Waals surface area contributed by atoms with Crippen LogP contribution in [0.4, 0.5) is 0 Å². The highest BCUT2D eigenvalue weighted by molar-refractivity contribution is 7.89. The summed E-state index contributed by atoms with van der Waals surface area (Å²) < 4.78 is 26.1. The van der Waals surface area contributed by atoms with Crippen LogP contribution in [0.15, 0.2) is 17.5 Å². The summed E-state index contributed by atoms with van der Waals surface area (Å²) in [5.74, 6) is 0.398. The van der Waals surface area contributed by atoms with Gasteiger partial charge < -0.3 is 0 Å². The van der Waals surface area contributed by atoms with Crippen molar-refractivity contribution >= 4 is 33.0 Å². The van der Waals surface area contributed by atoms with Crippen LogP contribution in [0.2, 0.25) is 0 Å². The molecule has 1 aromatic rings. The molecule has 2 unspecified atom stereocenters. The Morgan fingerprint density at radius 3 is 2.69 bits per heavy atom. The van der Waals surface area contributed by atoms with Crippen molar-refractivity contribution in [1.29, 1.82) is 0 Å². The highest BCUT2D eigenvalue weighted by atomic mass is 35.5. The van der Waals surface area contributed by atoms with E-state index in [-0.39, 0.29) is 17.7 Å². The maximum absolute atomic E-state index is 11.7. The molecule has 0 aliphatic carbocycles. The van der Waals surface area contributed by atoms with Crippen LogP contribution in [0.1, 0.15) is 24.8 Å². The Morgan fingerprint density at radius 2 is 2.19 bits per heavy atom. The molecule has 0 saturated heterocycles. The third-order valence-corrected chi connectivity index (χ3v) is 5.40. The molecule has 16 heavy (non-hydrogen) atoms. The lowest BCUT2D eigenvalue weighted by Gasteiger charge is -2.14. The molecule has 0 radical (unpaired) electrons. The monoisotopic (exact) mass is 281 g/mol. The fraction of sp³-hybridized carbons (Fsp3) is 0.600. The lowest BCUT2D eigenvalue weighted by molar-refractivity contribution is 0.556. The maximum Gasteiger partial charge on any atom is 0.212 e. The third kappa shape index (κ3) is 4.41. The average Bonchev–Trinajstić information content (AvgIpc) is 2.68.